The Bertz CT molecular complexity index is 368. The molecule has 0 aliphatic rings. The molecular formula is C15H22O3. The fraction of sp³-hybridized carbons (Fsp3) is 0.533. The third kappa shape index (κ3) is 4.78. The molecule has 0 aromatic heterocycles. The van der Waals surface area contributed by atoms with E-state index in [1.165, 1.54) is 0 Å². The Hall–Kier alpha value is -1.51. The summed E-state index contributed by atoms with van der Waals surface area (Å²) in [5.41, 5.74) is 1.12. The largest absolute Gasteiger partial charge is 0.497 e. The van der Waals surface area contributed by atoms with Gasteiger partial charge in [-0.25, -0.2) is 0 Å². The van der Waals surface area contributed by atoms with Gasteiger partial charge in [-0.05, 0) is 29.5 Å². The van der Waals surface area contributed by atoms with Crippen LogP contribution in [0.1, 0.15) is 38.7 Å². The van der Waals surface area contributed by atoms with Crippen molar-refractivity contribution >= 4 is 5.97 Å². The summed E-state index contributed by atoms with van der Waals surface area (Å²) in [4.78, 5) is 11.6. The molecule has 0 saturated heterocycles. The lowest BCUT2D eigenvalue weighted by Crippen LogP contribution is -2.12. The van der Waals surface area contributed by atoms with Crippen molar-refractivity contribution in [3.63, 3.8) is 0 Å². The molecule has 1 rings (SSSR count). The Labute approximate surface area is 109 Å². The van der Waals surface area contributed by atoms with Gasteiger partial charge in [-0.1, -0.05) is 32.9 Å². The Kier molecular flexibility index (Phi) is 5.69. The molecule has 0 aliphatic carbocycles. The second-order valence-corrected chi connectivity index (χ2v) is 4.96. The van der Waals surface area contributed by atoms with Crippen molar-refractivity contribution < 1.29 is 14.3 Å². The number of benzene rings is 1. The van der Waals surface area contributed by atoms with Crippen molar-refractivity contribution in [3.8, 4) is 5.75 Å². The van der Waals surface area contributed by atoms with Gasteiger partial charge < -0.3 is 9.47 Å². The van der Waals surface area contributed by atoms with Crippen LogP contribution in [0.15, 0.2) is 24.3 Å². The zero-order chi connectivity index (χ0) is 13.5. The summed E-state index contributed by atoms with van der Waals surface area (Å²) in [5, 5.41) is 0. The lowest BCUT2D eigenvalue weighted by atomic mass is 9.98. The van der Waals surface area contributed by atoms with Crippen LogP contribution in [-0.2, 0) is 9.53 Å². The molecule has 0 bridgehead atoms. The second kappa shape index (κ2) is 7.04. The summed E-state index contributed by atoms with van der Waals surface area (Å²) in [5.74, 6) is 1.24. The quantitative estimate of drug-likeness (QED) is 0.726. The van der Waals surface area contributed by atoms with Crippen molar-refractivity contribution in [1.29, 1.82) is 0 Å². The van der Waals surface area contributed by atoms with E-state index in [0.717, 1.165) is 11.3 Å². The number of hydrogen-bond acceptors (Lipinski definition) is 3. The number of rotatable bonds is 6. The van der Waals surface area contributed by atoms with Crippen molar-refractivity contribution in [1.82, 2.24) is 0 Å². The maximum absolute atomic E-state index is 11.6. The minimum Gasteiger partial charge on any atom is -0.497 e. The molecule has 0 heterocycles. The highest BCUT2D eigenvalue weighted by molar-refractivity contribution is 5.70. The van der Waals surface area contributed by atoms with Crippen LogP contribution in [0.25, 0.3) is 0 Å². The van der Waals surface area contributed by atoms with Crippen LogP contribution in [-0.4, -0.2) is 19.7 Å². The molecule has 18 heavy (non-hydrogen) atoms. The minimum absolute atomic E-state index is 0.132. The SMILES string of the molecule is COc1ccc(C(C)CC(=O)OCC(C)C)cc1. The molecule has 3 nitrogen and oxygen atoms in total. The van der Waals surface area contributed by atoms with Gasteiger partial charge in [0.1, 0.15) is 5.75 Å². The first-order valence-corrected chi connectivity index (χ1v) is 6.32. The van der Waals surface area contributed by atoms with E-state index in [1.807, 2.05) is 45.0 Å². The fourth-order valence-corrected chi connectivity index (χ4v) is 1.62. The molecule has 0 N–H and O–H groups in total. The zero-order valence-electron chi connectivity index (χ0n) is 11.6. The van der Waals surface area contributed by atoms with Gasteiger partial charge in [0.2, 0.25) is 0 Å². The predicted octanol–water partition coefficient (Wildman–Crippen LogP) is 3.39. The minimum atomic E-state index is -0.132. The monoisotopic (exact) mass is 250 g/mol. The highest BCUT2D eigenvalue weighted by Crippen LogP contribution is 2.22. The number of carbonyl (C=O) groups is 1. The molecular weight excluding hydrogens is 228 g/mol. The van der Waals surface area contributed by atoms with Gasteiger partial charge in [0.05, 0.1) is 20.1 Å². The first-order valence-electron chi connectivity index (χ1n) is 6.32. The van der Waals surface area contributed by atoms with Crippen LogP contribution in [0.2, 0.25) is 0 Å². The van der Waals surface area contributed by atoms with Crippen LogP contribution in [0.4, 0.5) is 0 Å². The van der Waals surface area contributed by atoms with Gasteiger partial charge in [0, 0.05) is 0 Å². The topological polar surface area (TPSA) is 35.5 Å². The Balaban J connectivity index is 2.48. The summed E-state index contributed by atoms with van der Waals surface area (Å²) >= 11 is 0. The van der Waals surface area contributed by atoms with Crippen LogP contribution < -0.4 is 4.74 Å². The third-order valence-corrected chi connectivity index (χ3v) is 2.74. The standard InChI is InChI=1S/C15H22O3/c1-11(2)10-18-15(16)9-12(3)13-5-7-14(17-4)8-6-13/h5-8,11-12H,9-10H2,1-4H3. The normalized spacial score (nSPS) is 12.3. The Morgan fingerprint density at radius 2 is 1.78 bits per heavy atom. The van der Waals surface area contributed by atoms with Gasteiger partial charge in [-0.3, -0.25) is 4.79 Å². The van der Waals surface area contributed by atoms with Crippen molar-refractivity contribution in [2.75, 3.05) is 13.7 Å². The molecule has 3 heteroatoms. The molecule has 1 aromatic carbocycles. The maximum atomic E-state index is 11.6. The van der Waals surface area contributed by atoms with E-state index >= 15 is 0 Å². The molecule has 1 aromatic rings. The number of ether oxygens (including phenoxy) is 2. The first-order chi connectivity index (χ1) is 8.52. The molecule has 100 valence electrons. The van der Waals surface area contributed by atoms with Gasteiger partial charge in [-0.15, -0.1) is 0 Å². The molecule has 1 atom stereocenters. The summed E-state index contributed by atoms with van der Waals surface area (Å²) in [6.45, 7) is 6.58. The van der Waals surface area contributed by atoms with Gasteiger partial charge in [0.15, 0.2) is 0 Å². The van der Waals surface area contributed by atoms with Crippen LogP contribution in [0.5, 0.6) is 5.75 Å². The average Bonchev–Trinajstić information content (AvgIpc) is 2.36. The van der Waals surface area contributed by atoms with E-state index in [1.54, 1.807) is 7.11 Å². The van der Waals surface area contributed by atoms with Crippen LogP contribution >= 0.6 is 0 Å². The van der Waals surface area contributed by atoms with Gasteiger partial charge in [0.25, 0.3) is 0 Å². The molecule has 0 spiro atoms. The molecule has 1 unspecified atom stereocenters. The van der Waals surface area contributed by atoms with Gasteiger partial charge in [-0.2, -0.15) is 0 Å². The lowest BCUT2D eigenvalue weighted by molar-refractivity contribution is -0.145. The van der Waals surface area contributed by atoms with Crippen LogP contribution in [0.3, 0.4) is 0 Å². The summed E-state index contributed by atoms with van der Waals surface area (Å²) in [6, 6.07) is 7.79. The number of methoxy groups -OCH3 is 1. The molecule has 0 fully saturated rings. The predicted molar refractivity (Wildman–Crippen MR) is 71.8 cm³/mol. The highest BCUT2D eigenvalue weighted by atomic mass is 16.5. The molecule has 0 saturated carbocycles. The molecule has 0 radical (unpaired) electrons. The second-order valence-electron chi connectivity index (χ2n) is 4.96. The summed E-state index contributed by atoms with van der Waals surface area (Å²) in [7, 11) is 1.64. The summed E-state index contributed by atoms with van der Waals surface area (Å²) < 4.78 is 10.3. The van der Waals surface area contributed by atoms with E-state index in [2.05, 4.69) is 0 Å². The Morgan fingerprint density at radius 1 is 1.17 bits per heavy atom. The van der Waals surface area contributed by atoms with Crippen molar-refractivity contribution in [2.45, 2.75) is 33.1 Å². The van der Waals surface area contributed by atoms with Crippen LogP contribution in [0, 0.1) is 5.92 Å². The van der Waals surface area contributed by atoms with Crippen molar-refractivity contribution in [2.24, 2.45) is 5.92 Å². The number of carbonyl (C=O) groups excluding carboxylic acids is 1. The van der Waals surface area contributed by atoms with Gasteiger partial charge >= 0.3 is 5.97 Å². The average molecular weight is 250 g/mol. The first kappa shape index (κ1) is 14.6. The maximum Gasteiger partial charge on any atom is 0.306 e. The highest BCUT2D eigenvalue weighted by Gasteiger charge is 2.12. The van der Waals surface area contributed by atoms with E-state index < -0.39 is 0 Å². The fourth-order valence-electron chi connectivity index (χ4n) is 1.62. The lowest BCUT2D eigenvalue weighted by Gasteiger charge is -2.13. The number of esters is 1. The van der Waals surface area contributed by atoms with E-state index in [0.29, 0.717) is 18.9 Å². The summed E-state index contributed by atoms with van der Waals surface area (Å²) in [6.07, 6.45) is 0.416. The smallest absolute Gasteiger partial charge is 0.306 e. The van der Waals surface area contributed by atoms with E-state index in [-0.39, 0.29) is 11.9 Å². The van der Waals surface area contributed by atoms with E-state index in [4.69, 9.17) is 9.47 Å². The number of hydrogen-bond donors (Lipinski definition) is 0. The Morgan fingerprint density at radius 3 is 2.28 bits per heavy atom. The molecule has 0 aliphatic heterocycles. The molecule has 0 amide bonds. The third-order valence-electron chi connectivity index (χ3n) is 2.74. The zero-order valence-corrected chi connectivity index (χ0v) is 11.6. The van der Waals surface area contributed by atoms with Crippen molar-refractivity contribution in [3.05, 3.63) is 29.8 Å². The van der Waals surface area contributed by atoms with E-state index in [9.17, 15) is 4.79 Å².